The zero-order valence-electron chi connectivity index (χ0n) is 32.7. The highest BCUT2D eigenvalue weighted by Gasteiger charge is 2.57. The van der Waals surface area contributed by atoms with Crippen molar-refractivity contribution >= 4 is 22.3 Å². The zero-order chi connectivity index (χ0) is 41.4. The number of fused-ring (bicyclic) bond motifs is 2. The molecular formula is C42H44N8O8. The molecule has 0 radical (unpaired) electrons. The second-order valence-corrected chi connectivity index (χ2v) is 14.3. The fourth-order valence-electron chi connectivity index (χ4n) is 8.66. The number of benzene rings is 2. The molecule has 0 unspecified atom stereocenters. The fourth-order valence-corrected chi connectivity index (χ4v) is 8.66. The van der Waals surface area contributed by atoms with E-state index in [2.05, 4.69) is 11.8 Å². The molecule has 0 atom stereocenters. The molecule has 58 heavy (non-hydrogen) atoms. The second-order valence-electron chi connectivity index (χ2n) is 14.3. The number of aryl methyl sites for hydroxylation is 4. The van der Waals surface area contributed by atoms with Gasteiger partial charge in [-0.3, -0.25) is 18.7 Å². The van der Waals surface area contributed by atoms with Crippen LogP contribution in [0.4, 0.5) is 0 Å². The van der Waals surface area contributed by atoms with Crippen LogP contribution in [0, 0.1) is 24.7 Å². The second kappa shape index (κ2) is 16.1. The lowest BCUT2D eigenvalue weighted by molar-refractivity contribution is 0.204. The van der Waals surface area contributed by atoms with Crippen molar-refractivity contribution in [2.75, 3.05) is 27.4 Å². The van der Waals surface area contributed by atoms with Crippen molar-refractivity contribution in [2.45, 2.75) is 62.7 Å². The van der Waals surface area contributed by atoms with E-state index in [1.165, 1.54) is 9.13 Å². The summed E-state index contributed by atoms with van der Waals surface area (Å²) in [4.78, 5) is 65.6. The summed E-state index contributed by atoms with van der Waals surface area (Å²) in [6.45, 7) is -0.684. The first-order valence-electron chi connectivity index (χ1n) is 18.8. The molecule has 7 rings (SSSR count). The average molecular weight is 789 g/mol. The molecule has 2 N–H and O–H groups in total. The van der Waals surface area contributed by atoms with Crippen LogP contribution in [0.25, 0.3) is 22.3 Å². The molecular weight excluding hydrogens is 745 g/mol. The molecule has 4 aromatic heterocycles. The molecule has 1 fully saturated rings. The number of terminal acetylenes is 2. The van der Waals surface area contributed by atoms with Gasteiger partial charge in [0.2, 0.25) is 0 Å². The third-order valence-corrected chi connectivity index (χ3v) is 11.2. The van der Waals surface area contributed by atoms with Crippen molar-refractivity contribution in [2.24, 2.45) is 14.1 Å². The largest absolute Gasteiger partial charge is 0.497 e. The molecule has 0 saturated heterocycles. The number of rotatable bonds is 14. The quantitative estimate of drug-likeness (QED) is 0.154. The lowest BCUT2D eigenvalue weighted by Crippen LogP contribution is -2.42. The first-order chi connectivity index (χ1) is 28.1. The molecule has 0 bridgehead atoms. The number of methoxy groups -OCH3 is 2. The standard InChI is InChI=1S/C42H44N8O8/c1-7-17-49-39(53)33-37(47(41(49)55)19-11-21-51)45(3)35(43-33)31-29(25-13-9-15-27(23-25)57-5)32(30(31)26-14-10-16-28(24-26)58-6)36-44-34-38(46(36)4)48(20-12-22-52)42(56)50(18-8-2)40(34)54/h1-2,9-10,13-16,23-24,29-32,51-52H,11-12,17-22H2,3-6H3. The lowest BCUT2D eigenvalue weighted by Gasteiger charge is -2.52. The maximum Gasteiger partial charge on any atom is 0.333 e. The van der Waals surface area contributed by atoms with Gasteiger partial charge < -0.3 is 28.8 Å². The minimum atomic E-state index is -0.633. The fraction of sp³-hybridized carbons (Fsp3) is 0.381. The number of aliphatic hydroxyl groups is 2. The smallest absolute Gasteiger partial charge is 0.333 e. The summed E-state index contributed by atoms with van der Waals surface area (Å²) >= 11 is 0. The number of nitrogens with zero attached hydrogens (tertiary/aromatic N) is 8. The predicted molar refractivity (Wildman–Crippen MR) is 216 cm³/mol. The monoisotopic (exact) mass is 788 g/mol. The van der Waals surface area contributed by atoms with E-state index in [4.69, 9.17) is 32.3 Å². The molecule has 1 saturated carbocycles. The van der Waals surface area contributed by atoms with Gasteiger partial charge in [-0.05, 0) is 48.2 Å². The summed E-state index contributed by atoms with van der Waals surface area (Å²) in [5.74, 6) is 5.13. The van der Waals surface area contributed by atoms with Crippen molar-refractivity contribution in [3.05, 3.63) is 113 Å². The van der Waals surface area contributed by atoms with Crippen molar-refractivity contribution in [1.82, 2.24) is 37.4 Å². The number of ether oxygens (including phenoxy) is 2. The summed E-state index contributed by atoms with van der Waals surface area (Å²) < 4.78 is 19.7. The molecule has 4 heterocycles. The first-order valence-corrected chi connectivity index (χ1v) is 18.8. The van der Waals surface area contributed by atoms with E-state index in [-0.39, 0.29) is 74.6 Å². The molecule has 1 aliphatic carbocycles. The number of aromatic nitrogens is 8. The van der Waals surface area contributed by atoms with Gasteiger partial charge in [0.1, 0.15) is 34.4 Å². The molecule has 1 aliphatic rings. The van der Waals surface area contributed by atoms with Crippen LogP contribution in [0.2, 0.25) is 0 Å². The predicted octanol–water partition coefficient (Wildman–Crippen LogP) is 1.60. The highest BCUT2D eigenvalue weighted by molar-refractivity contribution is 5.73. The van der Waals surface area contributed by atoms with Gasteiger partial charge in [-0.15, -0.1) is 12.8 Å². The Morgan fingerprint density at radius 1 is 0.638 bits per heavy atom. The van der Waals surface area contributed by atoms with Gasteiger partial charge in [-0.25, -0.2) is 28.7 Å². The van der Waals surface area contributed by atoms with Crippen molar-refractivity contribution in [3.8, 4) is 36.2 Å². The van der Waals surface area contributed by atoms with Crippen molar-refractivity contribution < 1.29 is 19.7 Å². The lowest BCUT2D eigenvalue weighted by atomic mass is 9.52. The van der Waals surface area contributed by atoms with Crippen molar-refractivity contribution in [1.29, 1.82) is 0 Å². The molecule has 2 aromatic carbocycles. The number of aliphatic hydroxyl groups excluding tert-OH is 2. The van der Waals surface area contributed by atoms with E-state index in [1.807, 2.05) is 48.5 Å². The average Bonchev–Trinajstić information content (AvgIpc) is 3.74. The van der Waals surface area contributed by atoms with Crippen LogP contribution < -0.4 is 32.0 Å². The van der Waals surface area contributed by atoms with Gasteiger partial charge in [0.15, 0.2) is 11.0 Å². The third kappa shape index (κ3) is 6.31. The summed E-state index contributed by atoms with van der Waals surface area (Å²) in [6.07, 6.45) is 11.7. The number of hydrogen-bond acceptors (Lipinski definition) is 10. The van der Waals surface area contributed by atoms with Gasteiger partial charge in [-0.1, -0.05) is 36.1 Å². The summed E-state index contributed by atoms with van der Waals surface area (Å²) in [5.41, 5.74) is -0.129. The van der Waals surface area contributed by atoms with E-state index in [0.717, 1.165) is 20.3 Å². The van der Waals surface area contributed by atoms with E-state index in [0.29, 0.717) is 23.1 Å². The molecule has 16 nitrogen and oxygen atoms in total. The minimum absolute atomic E-state index is 0.0484. The molecule has 300 valence electrons. The maximum atomic E-state index is 14.0. The Morgan fingerprint density at radius 3 is 1.38 bits per heavy atom. The third-order valence-electron chi connectivity index (χ3n) is 11.2. The Morgan fingerprint density at radius 2 is 1.03 bits per heavy atom. The van der Waals surface area contributed by atoms with Gasteiger partial charge in [0.25, 0.3) is 11.1 Å². The minimum Gasteiger partial charge on any atom is -0.497 e. The van der Waals surface area contributed by atoms with Crippen LogP contribution in [0.5, 0.6) is 11.5 Å². The Kier molecular flexibility index (Phi) is 11.0. The Bertz CT molecular complexity index is 2680. The van der Waals surface area contributed by atoms with Crippen LogP contribution in [-0.4, -0.2) is 75.0 Å². The zero-order valence-corrected chi connectivity index (χ0v) is 32.7. The normalized spacial score (nSPS) is 17.6. The van der Waals surface area contributed by atoms with Crippen molar-refractivity contribution in [3.63, 3.8) is 0 Å². The van der Waals surface area contributed by atoms with E-state index in [1.54, 1.807) is 37.4 Å². The van der Waals surface area contributed by atoms with Gasteiger partial charge >= 0.3 is 11.4 Å². The van der Waals surface area contributed by atoms with Crippen LogP contribution >= 0.6 is 0 Å². The van der Waals surface area contributed by atoms with Crippen LogP contribution in [-0.2, 0) is 40.3 Å². The van der Waals surface area contributed by atoms with E-state index >= 15 is 0 Å². The molecule has 0 spiro atoms. The van der Waals surface area contributed by atoms with E-state index in [9.17, 15) is 29.4 Å². The Hall–Kier alpha value is -6.62. The maximum absolute atomic E-state index is 14.0. The van der Waals surface area contributed by atoms with Crippen LogP contribution in [0.3, 0.4) is 0 Å². The molecule has 6 aromatic rings. The van der Waals surface area contributed by atoms with Gasteiger partial charge in [0, 0.05) is 64.1 Å². The highest BCUT2D eigenvalue weighted by atomic mass is 16.5. The SMILES string of the molecule is C#CCn1c(=O)c2nc(C3C(c4cccc(OC)c4)C(c4nc5c(=O)n(CC#C)c(=O)n(CCCO)c5n4C)C3c3cccc(OC)c3)n(C)c2n(CCCO)c1=O. The highest BCUT2D eigenvalue weighted by Crippen LogP contribution is 2.66. The van der Waals surface area contributed by atoms with Gasteiger partial charge in [0.05, 0.1) is 27.3 Å². The number of imidazole rings is 2. The molecule has 16 heteroatoms. The Balaban J connectivity index is 1.57. The first kappa shape index (κ1) is 39.6. The number of hydrogen-bond donors (Lipinski definition) is 2. The Labute approximate surface area is 332 Å². The van der Waals surface area contributed by atoms with Crippen LogP contribution in [0.15, 0.2) is 67.7 Å². The van der Waals surface area contributed by atoms with Gasteiger partial charge in [-0.2, -0.15) is 0 Å². The topological polar surface area (TPSA) is 183 Å². The molecule has 0 amide bonds. The molecule has 0 aliphatic heterocycles. The summed E-state index contributed by atoms with van der Waals surface area (Å²) in [7, 11) is 6.66. The summed E-state index contributed by atoms with van der Waals surface area (Å²) in [5, 5.41) is 19.5. The van der Waals surface area contributed by atoms with E-state index < -0.39 is 46.2 Å². The summed E-state index contributed by atoms with van der Waals surface area (Å²) in [6, 6.07) is 15.2. The van der Waals surface area contributed by atoms with Crippen LogP contribution in [0.1, 0.15) is 59.3 Å².